The summed E-state index contributed by atoms with van der Waals surface area (Å²) in [6, 6.07) is 6.84. The summed E-state index contributed by atoms with van der Waals surface area (Å²) in [5, 5.41) is 0. The van der Waals surface area contributed by atoms with Gasteiger partial charge < -0.3 is 11.2 Å². The lowest BCUT2D eigenvalue weighted by Gasteiger charge is -2.18. The molecule has 18 heavy (non-hydrogen) atoms. The molecule has 1 unspecified atom stereocenters. The Morgan fingerprint density at radius 1 is 1.06 bits per heavy atom. The standard InChI is InChI=1S/C16H27N.H2O/c1-4-7-8-12-16(17)15-11-9-10-13(5-2)14(15)6-3;/h9-11,16H,4-8,12,17H2,1-3H3;1H2. The minimum atomic E-state index is 0. The SMILES string of the molecule is CCCCCC(N)c1cccc(CC)c1CC.O. The highest BCUT2D eigenvalue weighted by atomic mass is 16.0. The van der Waals surface area contributed by atoms with Gasteiger partial charge in [0.1, 0.15) is 0 Å². The Balaban J connectivity index is 0.00000289. The van der Waals surface area contributed by atoms with Crippen LogP contribution in [0.25, 0.3) is 0 Å². The van der Waals surface area contributed by atoms with Crippen molar-refractivity contribution in [2.45, 2.75) is 65.3 Å². The summed E-state index contributed by atoms with van der Waals surface area (Å²) in [4.78, 5) is 0. The van der Waals surface area contributed by atoms with Crippen LogP contribution in [0.4, 0.5) is 0 Å². The van der Waals surface area contributed by atoms with Crippen LogP contribution in [0.2, 0.25) is 0 Å². The lowest BCUT2D eigenvalue weighted by Crippen LogP contribution is -2.13. The smallest absolute Gasteiger partial charge is 0.0297 e. The number of rotatable bonds is 7. The van der Waals surface area contributed by atoms with E-state index < -0.39 is 0 Å². The molecule has 0 aliphatic carbocycles. The van der Waals surface area contributed by atoms with Gasteiger partial charge in [0.05, 0.1) is 0 Å². The Bertz CT molecular complexity index is 336. The van der Waals surface area contributed by atoms with E-state index >= 15 is 0 Å². The Kier molecular flexibility index (Phi) is 8.69. The van der Waals surface area contributed by atoms with Crippen molar-refractivity contribution in [2.24, 2.45) is 5.73 Å². The predicted octanol–water partition coefficient (Wildman–Crippen LogP) is 3.57. The van der Waals surface area contributed by atoms with E-state index in [1.165, 1.54) is 36.0 Å². The lowest BCUT2D eigenvalue weighted by atomic mass is 9.91. The monoisotopic (exact) mass is 251 g/mol. The number of hydrogen-bond acceptors (Lipinski definition) is 1. The molecule has 2 heteroatoms. The number of aryl methyl sites for hydroxylation is 1. The van der Waals surface area contributed by atoms with Crippen LogP contribution in [0, 0.1) is 0 Å². The molecule has 0 heterocycles. The quantitative estimate of drug-likeness (QED) is 0.740. The van der Waals surface area contributed by atoms with Gasteiger partial charge in [0.15, 0.2) is 0 Å². The Labute approximate surface area is 112 Å². The van der Waals surface area contributed by atoms with E-state index in [2.05, 4.69) is 39.0 Å². The molecule has 0 fully saturated rings. The Hall–Kier alpha value is -0.860. The molecule has 0 aliphatic heterocycles. The normalized spacial score (nSPS) is 12.0. The van der Waals surface area contributed by atoms with Crippen LogP contribution in [-0.4, -0.2) is 5.48 Å². The minimum Gasteiger partial charge on any atom is -0.412 e. The molecule has 1 rings (SSSR count). The van der Waals surface area contributed by atoms with Crippen molar-refractivity contribution in [1.29, 1.82) is 0 Å². The first-order valence-electron chi connectivity index (χ1n) is 7.10. The third kappa shape index (κ3) is 4.43. The van der Waals surface area contributed by atoms with E-state index in [9.17, 15) is 0 Å². The molecule has 0 spiro atoms. The maximum atomic E-state index is 6.34. The molecule has 0 aliphatic rings. The average Bonchev–Trinajstić information content (AvgIpc) is 2.37. The van der Waals surface area contributed by atoms with E-state index in [4.69, 9.17) is 5.73 Å². The number of hydrogen-bond donors (Lipinski definition) is 1. The van der Waals surface area contributed by atoms with Crippen molar-refractivity contribution < 1.29 is 5.48 Å². The fourth-order valence-electron chi connectivity index (χ4n) is 2.53. The summed E-state index contributed by atoms with van der Waals surface area (Å²) < 4.78 is 0. The third-order valence-corrected chi connectivity index (χ3v) is 3.56. The van der Waals surface area contributed by atoms with Gasteiger partial charge in [0.2, 0.25) is 0 Å². The van der Waals surface area contributed by atoms with Gasteiger partial charge in [-0.2, -0.15) is 0 Å². The molecule has 104 valence electrons. The van der Waals surface area contributed by atoms with Crippen LogP contribution in [0.1, 0.15) is 69.2 Å². The molecule has 0 aromatic heterocycles. The molecule has 2 nitrogen and oxygen atoms in total. The number of unbranched alkanes of at least 4 members (excludes halogenated alkanes) is 2. The molecule has 0 saturated heterocycles. The Morgan fingerprint density at radius 3 is 2.33 bits per heavy atom. The molecule has 1 aromatic carbocycles. The first kappa shape index (κ1) is 17.1. The average molecular weight is 251 g/mol. The number of nitrogens with two attached hydrogens (primary N) is 1. The highest BCUT2D eigenvalue weighted by Crippen LogP contribution is 2.24. The van der Waals surface area contributed by atoms with Crippen molar-refractivity contribution in [3.8, 4) is 0 Å². The Morgan fingerprint density at radius 2 is 1.78 bits per heavy atom. The van der Waals surface area contributed by atoms with Gasteiger partial charge in [-0.3, -0.25) is 0 Å². The van der Waals surface area contributed by atoms with Crippen molar-refractivity contribution in [2.75, 3.05) is 0 Å². The van der Waals surface area contributed by atoms with Crippen LogP contribution in [-0.2, 0) is 12.8 Å². The number of benzene rings is 1. The van der Waals surface area contributed by atoms with Gasteiger partial charge in [0.25, 0.3) is 0 Å². The van der Waals surface area contributed by atoms with Crippen LogP contribution in [0.15, 0.2) is 18.2 Å². The zero-order valence-electron chi connectivity index (χ0n) is 12.1. The van der Waals surface area contributed by atoms with Crippen molar-refractivity contribution >= 4 is 0 Å². The van der Waals surface area contributed by atoms with Gasteiger partial charge in [-0.05, 0) is 36.0 Å². The summed E-state index contributed by atoms with van der Waals surface area (Å²) in [6.07, 6.45) is 7.13. The van der Waals surface area contributed by atoms with Gasteiger partial charge in [-0.15, -0.1) is 0 Å². The van der Waals surface area contributed by atoms with Gasteiger partial charge in [0, 0.05) is 6.04 Å². The molecule has 0 amide bonds. The van der Waals surface area contributed by atoms with Gasteiger partial charge in [-0.1, -0.05) is 58.2 Å². The van der Waals surface area contributed by atoms with Crippen LogP contribution in [0.5, 0.6) is 0 Å². The van der Waals surface area contributed by atoms with Gasteiger partial charge >= 0.3 is 0 Å². The fraction of sp³-hybridized carbons (Fsp3) is 0.625. The highest BCUT2D eigenvalue weighted by molar-refractivity contribution is 5.37. The first-order valence-corrected chi connectivity index (χ1v) is 7.10. The van der Waals surface area contributed by atoms with E-state index in [0.717, 1.165) is 19.3 Å². The van der Waals surface area contributed by atoms with Crippen molar-refractivity contribution in [1.82, 2.24) is 0 Å². The summed E-state index contributed by atoms with van der Waals surface area (Å²) >= 11 is 0. The van der Waals surface area contributed by atoms with Crippen molar-refractivity contribution in [3.63, 3.8) is 0 Å². The van der Waals surface area contributed by atoms with E-state index in [1.807, 2.05) is 0 Å². The summed E-state index contributed by atoms with van der Waals surface area (Å²) in [5.41, 5.74) is 10.7. The second-order valence-electron chi connectivity index (χ2n) is 4.79. The lowest BCUT2D eigenvalue weighted by molar-refractivity contribution is 0.577. The molecule has 0 saturated carbocycles. The molecular weight excluding hydrogens is 222 g/mol. The third-order valence-electron chi connectivity index (χ3n) is 3.56. The second-order valence-corrected chi connectivity index (χ2v) is 4.79. The second kappa shape index (κ2) is 9.12. The summed E-state index contributed by atoms with van der Waals surface area (Å²) in [6.45, 7) is 6.69. The zero-order valence-corrected chi connectivity index (χ0v) is 12.1. The minimum absolute atomic E-state index is 0. The van der Waals surface area contributed by atoms with Crippen LogP contribution in [0.3, 0.4) is 0 Å². The van der Waals surface area contributed by atoms with E-state index in [-0.39, 0.29) is 11.5 Å². The molecular formula is C16H29NO. The molecule has 1 aromatic rings. The first-order chi connectivity index (χ1) is 8.24. The molecule has 0 radical (unpaired) electrons. The molecule has 1 atom stereocenters. The van der Waals surface area contributed by atoms with E-state index in [0.29, 0.717) is 0 Å². The largest absolute Gasteiger partial charge is 0.412 e. The predicted molar refractivity (Wildman–Crippen MR) is 79.9 cm³/mol. The zero-order chi connectivity index (χ0) is 12.7. The topological polar surface area (TPSA) is 57.5 Å². The molecule has 0 bridgehead atoms. The van der Waals surface area contributed by atoms with Crippen LogP contribution < -0.4 is 5.73 Å². The van der Waals surface area contributed by atoms with Crippen molar-refractivity contribution in [3.05, 3.63) is 34.9 Å². The maximum absolute atomic E-state index is 6.34. The summed E-state index contributed by atoms with van der Waals surface area (Å²) in [5.74, 6) is 0. The highest BCUT2D eigenvalue weighted by Gasteiger charge is 2.11. The van der Waals surface area contributed by atoms with Crippen LogP contribution >= 0.6 is 0 Å². The maximum Gasteiger partial charge on any atom is 0.0297 e. The van der Waals surface area contributed by atoms with E-state index in [1.54, 1.807) is 0 Å². The van der Waals surface area contributed by atoms with Gasteiger partial charge in [-0.25, -0.2) is 0 Å². The fourth-order valence-corrected chi connectivity index (χ4v) is 2.53. The molecule has 4 N–H and O–H groups in total. The summed E-state index contributed by atoms with van der Waals surface area (Å²) in [7, 11) is 0.